The number of hydrogen-bond donors (Lipinski definition) is 1. The highest BCUT2D eigenvalue weighted by Gasteiger charge is 2.31. The van der Waals surface area contributed by atoms with Crippen molar-refractivity contribution >= 4 is 5.69 Å². The average molecular weight is 213 g/mol. The zero-order chi connectivity index (χ0) is 10.8. The van der Waals surface area contributed by atoms with Gasteiger partial charge in [0.15, 0.2) is 0 Å². The van der Waals surface area contributed by atoms with Crippen molar-refractivity contribution in [2.45, 2.75) is 25.9 Å². The van der Waals surface area contributed by atoms with Crippen molar-refractivity contribution in [3.05, 3.63) is 6.20 Å². The van der Waals surface area contributed by atoms with Crippen LogP contribution in [-0.2, 0) is 16.2 Å². The van der Waals surface area contributed by atoms with Crippen LogP contribution in [0, 0.1) is 0 Å². The Bertz CT molecular complexity index is 339. The predicted octanol–water partition coefficient (Wildman–Crippen LogP) is 0.235. The number of nitrogen functional groups attached to an aromatic ring is 1. The van der Waals surface area contributed by atoms with Crippen LogP contribution < -0.4 is 10.5 Å². The molecular formula is C9H15N3O3. The van der Waals surface area contributed by atoms with Crippen LogP contribution in [0.25, 0.3) is 0 Å². The van der Waals surface area contributed by atoms with Gasteiger partial charge in [0.2, 0.25) is 0 Å². The summed E-state index contributed by atoms with van der Waals surface area (Å²) in [6, 6.07) is 0. The minimum absolute atomic E-state index is 0.0539. The van der Waals surface area contributed by atoms with E-state index in [-0.39, 0.29) is 12.2 Å². The summed E-state index contributed by atoms with van der Waals surface area (Å²) in [5, 5.41) is 4.14. The Balaban J connectivity index is 2.00. The van der Waals surface area contributed by atoms with E-state index >= 15 is 0 Å². The smallest absolute Gasteiger partial charge is 0.256 e. The van der Waals surface area contributed by atoms with Gasteiger partial charge in [-0.1, -0.05) is 0 Å². The molecule has 1 aromatic rings. The van der Waals surface area contributed by atoms with Gasteiger partial charge in [-0.15, -0.1) is 5.10 Å². The molecule has 0 aliphatic carbocycles. The maximum absolute atomic E-state index is 5.74. The summed E-state index contributed by atoms with van der Waals surface area (Å²) in [5.41, 5.74) is 6.26. The third kappa shape index (κ3) is 2.05. The van der Waals surface area contributed by atoms with Crippen LogP contribution in [0.15, 0.2) is 6.20 Å². The minimum atomic E-state index is 0.0539. The van der Waals surface area contributed by atoms with Gasteiger partial charge in [0, 0.05) is 7.11 Å². The van der Waals surface area contributed by atoms with Gasteiger partial charge in [0.05, 0.1) is 18.9 Å². The third-order valence-electron chi connectivity index (χ3n) is 2.33. The molecule has 15 heavy (non-hydrogen) atoms. The van der Waals surface area contributed by atoms with Crippen LogP contribution in [0.3, 0.4) is 0 Å². The van der Waals surface area contributed by atoms with Gasteiger partial charge in [-0.05, 0) is 6.92 Å². The SMILES string of the molecule is COCn1cc(N)c(O[C@@H]2CO[C@H]2C)n1. The molecule has 0 radical (unpaired) electrons. The first-order valence-electron chi connectivity index (χ1n) is 4.81. The molecular weight excluding hydrogens is 198 g/mol. The largest absolute Gasteiger partial charge is 0.467 e. The Morgan fingerprint density at radius 2 is 2.53 bits per heavy atom. The summed E-state index contributed by atoms with van der Waals surface area (Å²) in [6.07, 6.45) is 1.85. The van der Waals surface area contributed by atoms with Gasteiger partial charge in [-0.3, -0.25) is 0 Å². The van der Waals surface area contributed by atoms with E-state index in [0.717, 1.165) is 0 Å². The van der Waals surface area contributed by atoms with Crippen molar-refractivity contribution in [1.82, 2.24) is 9.78 Å². The summed E-state index contributed by atoms with van der Waals surface area (Å²) >= 11 is 0. The lowest BCUT2D eigenvalue weighted by molar-refractivity contribution is -0.140. The molecule has 0 aromatic carbocycles. The number of ether oxygens (including phenoxy) is 3. The highest BCUT2D eigenvalue weighted by atomic mass is 16.6. The van der Waals surface area contributed by atoms with E-state index in [4.69, 9.17) is 19.9 Å². The second-order valence-corrected chi connectivity index (χ2v) is 3.54. The molecule has 84 valence electrons. The highest BCUT2D eigenvalue weighted by molar-refractivity contribution is 5.46. The zero-order valence-electron chi connectivity index (χ0n) is 8.84. The van der Waals surface area contributed by atoms with E-state index in [1.165, 1.54) is 0 Å². The van der Waals surface area contributed by atoms with E-state index in [1.54, 1.807) is 18.0 Å². The molecule has 2 atom stereocenters. The Labute approximate surface area is 87.9 Å². The van der Waals surface area contributed by atoms with Gasteiger partial charge in [-0.2, -0.15) is 0 Å². The molecule has 2 rings (SSSR count). The van der Waals surface area contributed by atoms with Crippen LogP contribution in [0.2, 0.25) is 0 Å². The first kappa shape index (κ1) is 10.3. The zero-order valence-corrected chi connectivity index (χ0v) is 8.84. The molecule has 6 nitrogen and oxygen atoms in total. The average Bonchev–Trinajstić information content (AvgIpc) is 2.54. The van der Waals surface area contributed by atoms with E-state index < -0.39 is 0 Å². The van der Waals surface area contributed by atoms with Gasteiger partial charge in [0.25, 0.3) is 5.88 Å². The fourth-order valence-corrected chi connectivity index (χ4v) is 1.35. The molecule has 0 saturated carbocycles. The summed E-state index contributed by atoms with van der Waals surface area (Å²) in [6.45, 7) is 2.92. The highest BCUT2D eigenvalue weighted by Crippen LogP contribution is 2.24. The number of nitrogens with two attached hydrogens (primary N) is 1. The lowest BCUT2D eigenvalue weighted by Crippen LogP contribution is -2.46. The maximum Gasteiger partial charge on any atom is 0.256 e. The molecule has 0 spiro atoms. The number of aromatic nitrogens is 2. The number of methoxy groups -OCH3 is 1. The second kappa shape index (κ2) is 4.08. The van der Waals surface area contributed by atoms with Crippen molar-refractivity contribution in [2.75, 3.05) is 19.5 Å². The molecule has 6 heteroatoms. The quantitative estimate of drug-likeness (QED) is 0.775. The molecule has 1 aliphatic rings. The Morgan fingerprint density at radius 1 is 1.73 bits per heavy atom. The van der Waals surface area contributed by atoms with Crippen LogP contribution >= 0.6 is 0 Å². The van der Waals surface area contributed by atoms with E-state index in [0.29, 0.717) is 24.9 Å². The molecule has 0 unspecified atom stereocenters. The fourth-order valence-electron chi connectivity index (χ4n) is 1.35. The van der Waals surface area contributed by atoms with E-state index in [2.05, 4.69) is 5.10 Å². The van der Waals surface area contributed by atoms with Crippen molar-refractivity contribution in [3.63, 3.8) is 0 Å². The van der Waals surface area contributed by atoms with E-state index in [9.17, 15) is 0 Å². The summed E-state index contributed by atoms with van der Waals surface area (Å²) in [7, 11) is 1.60. The fraction of sp³-hybridized carbons (Fsp3) is 0.667. The van der Waals surface area contributed by atoms with Crippen molar-refractivity contribution in [1.29, 1.82) is 0 Å². The standard InChI is InChI=1S/C9H15N3O3/c1-6-8(4-14-6)15-9-7(10)3-12(11-9)5-13-2/h3,6,8H,4-5,10H2,1-2H3/t6-,8+/m0/s1. The Hall–Kier alpha value is -1.27. The minimum Gasteiger partial charge on any atom is -0.467 e. The molecule has 0 bridgehead atoms. The first-order chi connectivity index (χ1) is 7.20. The summed E-state index contributed by atoms with van der Waals surface area (Å²) in [4.78, 5) is 0. The molecule has 0 amide bonds. The van der Waals surface area contributed by atoms with Crippen LogP contribution in [0.4, 0.5) is 5.69 Å². The topological polar surface area (TPSA) is 71.5 Å². The van der Waals surface area contributed by atoms with Crippen LogP contribution in [0.5, 0.6) is 5.88 Å². The van der Waals surface area contributed by atoms with Gasteiger partial charge >= 0.3 is 0 Å². The predicted molar refractivity (Wildman–Crippen MR) is 53.5 cm³/mol. The van der Waals surface area contributed by atoms with E-state index in [1.807, 2.05) is 6.92 Å². The molecule has 1 fully saturated rings. The van der Waals surface area contributed by atoms with Gasteiger partial charge in [0.1, 0.15) is 18.5 Å². The van der Waals surface area contributed by atoms with Gasteiger partial charge in [-0.25, -0.2) is 4.68 Å². The normalized spacial score (nSPS) is 24.9. The summed E-state index contributed by atoms with van der Waals surface area (Å²) < 4.78 is 17.3. The second-order valence-electron chi connectivity index (χ2n) is 3.54. The third-order valence-corrected chi connectivity index (χ3v) is 2.33. The van der Waals surface area contributed by atoms with Crippen molar-refractivity contribution in [3.8, 4) is 5.88 Å². The molecule has 1 aliphatic heterocycles. The lowest BCUT2D eigenvalue weighted by atomic mass is 10.2. The maximum atomic E-state index is 5.74. The molecule has 1 aromatic heterocycles. The molecule has 1 saturated heterocycles. The van der Waals surface area contributed by atoms with Crippen LogP contribution in [0.1, 0.15) is 6.92 Å². The summed E-state index contributed by atoms with van der Waals surface area (Å²) in [5.74, 6) is 0.451. The molecule has 2 heterocycles. The first-order valence-corrected chi connectivity index (χ1v) is 4.81. The number of anilines is 1. The number of hydrogen-bond acceptors (Lipinski definition) is 5. The lowest BCUT2D eigenvalue weighted by Gasteiger charge is -2.33. The van der Waals surface area contributed by atoms with Crippen molar-refractivity contribution < 1.29 is 14.2 Å². The number of rotatable bonds is 4. The Kier molecular flexibility index (Phi) is 2.79. The van der Waals surface area contributed by atoms with Crippen molar-refractivity contribution in [2.24, 2.45) is 0 Å². The molecule has 2 N–H and O–H groups in total. The Morgan fingerprint density at radius 3 is 3.07 bits per heavy atom. The monoisotopic (exact) mass is 213 g/mol. The van der Waals surface area contributed by atoms with Gasteiger partial charge < -0.3 is 19.9 Å². The number of nitrogens with zero attached hydrogens (tertiary/aromatic N) is 2. The van der Waals surface area contributed by atoms with Crippen LogP contribution in [-0.4, -0.2) is 35.7 Å².